The molecule has 4 N–H and O–H groups in total. The molecule has 0 radical (unpaired) electrons. The first-order valence-corrected chi connectivity index (χ1v) is 3.22. The van der Waals surface area contributed by atoms with Crippen LogP contribution < -0.4 is 15.6 Å². The summed E-state index contributed by atoms with van der Waals surface area (Å²) in [6.07, 6.45) is 0. The summed E-state index contributed by atoms with van der Waals surface area (Å²) in [5.41, 5.74) is 0.750. The van der Waals surface area contributed by atoms with Crippen LogP contribution in [0.5, 0.6) is 0 Å². The Balaban J connectivity index is -0.0000000886. The van der Waals surface area contributed by atoms with Crippen molar-refractivity contribution in [2.75, 3.05) is 35.2 Å². The van der Waals surface area contributed by atoms with Gasteiger partial charge in [0.15, 0.2) is 0 Å². The second kappa shape index (κ2) is 16.4. The van der Waals surface area contributed by atoms with Crippen molar-refractivity contribution in [2.45, 2.75) is 0 Å². The zero-order valence-electron chi connectivity index (χ0n) is 7.80. The zero-order chi connectivity index (χ0) is 9.86. The average molecular weight is 169 g/mol. The minimum Gasteiger partial charge on any atom is -0.636 e. The molecule has 0 bridgehead atoms. The quantitative estimate of drug-likeness (QED) is 0.322. The van der Waals surface area contributed by atoms with Gasteiger partial charge in [0, 0.05) is 0 Å². The van der Waals surface area contributed by atoms with E-state index in [1.54, 1.807) is 0 Å². The Kier molecular flexibility index (Phi) is 25.4. The fraction of sp³-hybridized carbons (Fsp3) is 1.00. The van der Waals surface area contributed by atoms with Crippen LogP contribution >= 0.6 is 0 Å². The molecule has 0 unspecified atom stereocenters. The Morgan fingerprint density at radius 2 is 0.909 bits per heavy atom. The van der Waals surface area contributed by atoms with Crippen LogP contribution in [0.3, 0.4) is 0 Å². The molecule has 0 saturated carbocycles. The summed E-state index contributed by atoms with van der Waals surface area (Å²) in [5.74, 6) is 0. The van der Waals surface area contributed by atoms with E-state index in [4.69, 9.17) is 5.21 Å². The van der Waals surface area contributed by atoms with Crippen molar-refractivity contribution < 1.29 is 15.6 Å². The van der Waals surface area contributed by atoms with Crippen LogP contribution in [0.15, 0.2) is 0 Å². The molecule has 0 heterocycles. The Labute approximate surface area is 67.5 Å². The molecule has 0 spiro atoms. The minimum absolute atomic E-state index is 0.167. The molecule has 0 aromatic rings. The van der Waals surface area contributed by atoms with Crippen LogP contribution in [0.2, 0.25) is 0 Å². The Bertz CT molecular complexity index is 40.7. The van der Waals surface area contributed by atoms with Gasteiger partial charge < -0.3 is 31.2 Å². The van der Waals surface area contributed by atoms with Crippen LogP contribution in [-0.4, -0.2) is 35.2 Å². The van der Waals surface area contributed by atoms with E-state index in [0.29, 0.717) is 0 Å². The van der Waals surface area contributed by atoms with Gasteiger partial charge in [0.25, 0.3) is 0 Å². The van der Waals surface area contributed by atoms with Crippen LogP contribution in [0, 0.1) is 15.6 Å². The van der Waals surface area contributed by atoms with Crippen molar-refractivity contribution in [1.82, 2.24) is 0 Å². The summed E-state index contributed by atoms with van der Waals surface area (Å²) in [5, 5.41) is 28.0. The molecule has 11 heavy (non-hydrogen) atoms. The SMILES string of the molecule is C[NH+](C)[O-].C[NH+](C)[O-].C[NH2+][O-]. The first-order valence-electron chi connectivity index (χ1n) is 3.22. The van der Waals surface area contributed by atoms with E-state index < -0.39 is 0 Å². The van der Waals surface area contributed by atoms with Crippen LogP contribution in [0.4, 0.5) is 0 Å². The zero-order valence-corrected chi connectivity index (χ0v) is 7.80. The van der Waals surface area contributed by atoms with Gasteiger partial charge >= 0.3 is 0 Å². The minimum atomic E-state index is 0.167. The molecular weight excluding hydrogens is 150 g/mol. The molecule has 0 rings (SSSR count). The lowest BCUT2D eigenvalue weighted by Gasteiger charge is -2.04. The normalized spacial score (nSPS) is 8.18. The second-order valence-corrected chi connectivity index (χ2v) is 2.05. The molecule has 0 aromatic carbocycles. The van der Waals surface area contributed by atoms with E-state index in [1.807, 2.05) is 0 Å². The van der Waals surface area contributed by atoms with E-state index in [2.05, 4.69) is 0 Å². The van der Waals surface area contributed by atoms with Crippen molar-refractivity contribution in [2.24, 2.45) is 0 Å². The molecule has 0 amide bonds. The molecule has 72 valence electrons. The summed E-state index contributed by atoms with van der Waals surface area (Å²) in [6, 6.07) is 0. The number of nitrogens with two attached hydrogens (primary N) is 1. The highest BCUT2D eigenvalue weighted by Crippen LogP contribution is 0.935. The molecular formula is C5H19N3O3. The van der Waals surface area contributed by atoms with E-state index >= 15 is 0 Å². The number of hydrogen-bond acceptors (Lipinski definition) is 3. The smallest absolute Gasteiger partial charge is 0.0660 e. The van der Waals surface area contributed by atoms with Crippen molar-refractivity contribution >= 4 is 0 Å². The maximum atomic E-state index is 9.44. The highest BCUT2D eigenvalue weighted by atomic mass is 16.5. The first kappa shape index (κ1) is 17.0. The lowest BCUT2D eigenvalue weighted by Crippen LogP contribution is -3.00. The van der Waals surface area contributed by atoms with Crippen LogP contribution in [0.1, 0.15) is 0 Å². The Hall–Kier alpha value is -0.240. The van der Waals surface area contributed by atoms with Gasteiger partial charge in [0.2, 0.25) is 0 Å². The number of quaternary nitrogens is 3. The molecule has 0 aliphatic rings. The van der Waals surface area contributed by atoms with Gasteiger partial charge in [-0.2, -0.15) is 0 Å². The molecule has 6 nitrogen and oxygen atoms in total. The lowest BCUT2D eigenvalue weighted by atomic mass is 11.2. The molecule has 6 heteroatoms. The molecule has 0 atom stereocenters. The van der Waals surface area contributed by atoms with Crippen LogP contribution in [0.25, 0.3) is 0 Å². The fourth-order valence-corrected chi connectivity index (χ4v) is 0. The van der Waals surface area contributed by atoms with E-state index in [0.717, 1.165) is 5.48 Å². The van der Waals surface area contributed by atoms with Gasteiger partial charge in [0.05, 0.1) is 35.2 Å². The van der Waals surface area contributed by atoms with E-state index in [9.17, 15) is 10.4 Å². The maximum absolute atomic E-state index is 9.44. The van der Waals surface area contributed by atoms with Gasteiger partial charge in [-0.25, -0.2) is 0 Å². The third-order valence-electron chi connectivity index (χ3n) is 0. The first-order chi connectivity index (χ1) is 4.88. The van der Waals surface area contributed by atoms with Gasteiger partial charge in [-0.05, 0) is 0 Å². The summed E-state index contributed by atoms with van der Waals surface area (Å²) in [7, 11) is 7.56. The predicted octanol–water partition coefficient (Wildman–Crippen LogP) is -4.07. The van der Waals surface area contributed by atoms with Crippen LogP contribution in [-0.2, 0) is 0 Å². The molecule has 0 saturated heterocycles. The third kappa shape index (κ3) is 10200. The lowest BCUT2D eigenvalue weighted by molar-refractivity contribution is -0.802. The molecule has 0 aliphatic heterocycles. The topological polar surface area (TPSA) is 94.7 Å². The molecule has 0 aromatic heterocycles. The average Bonchev–Trinajstić information content (AvgIpc) is 1.60. The molecule has 0 fully saturated rings. The fourth-order valence-electron chi connectivity index (χ4n) is 0. The van der Waals surface area contributed by atoms with Gasteiger partial charge in [-0.3, -0.25) is 0 Å². The third-order valence-corrected chi connectivity index (χ3v) is 0. The van der Waals surface area contributed by atoms with Crippen molar-refractivity contribution in [1.29, 1.82) is 0 Å². The van der Waals surface area contributed by atoms with Gasteiger partial charge in [-0.1, -0.05) is 0 Å². The summed E-state index contributed by atoms with van der Waals surface area (Å²) >= 11 is 0. The summed E-state index contributed by atoms with van der Waals surface area (Å²) in [4.78, 5) is 0. The number of rotatable bonds is 0. The Morgan fingerprint density at radius 3 is 0.909 bits per heavy atom. The highest BCUT2D eigenvalue weighted by Gasteiger charge is 1.50. The predicted molar refractivity (Wildman–Crippen MR) is 43.6 cm³/mol. The van der Waals surface area contributed by atoms with Gasteiger partial charge in [0.1, 0.15) is 0 Å². The standard InChI is InChI=1S/2C2H7NO.CH5NO/c2*1-3(2)4;1-2-3/h2*3H,1-2H3;2H2,1H3. The largest absolute Gasteiger partial charge is 0.636 e. The summed E-state index contributed by atoms with van der Waals surface area (Å²) in [6.45, 7) is 0. The number of hydrogen-bond donors (Lipinski definition) is 3. The van der Waals surface area contributed by atoms with E-state index in [1.165, 1.54) is 35.2 Å². The Morgan fingerprint density at radius 1 is 0.909 bits per heavy atom. The van der Waals surface area contributed by atoms with Crippen molar-refractivity contribution in [3.8, 4) is 0 Å². The van der Waals surface area contributed by atoms with Gasteiger partial charge in [-0.15, -0.1) is 0 Å². The van der Waals surface area contributed by atoms with E-state index in [-0.39, 0.29) is 10.1 Å². The monoisotopic (exact) mass is 169 g/mol. The number of nitrogens with one attached hydrogen (secondary N) is 2. The highest BCUT2D eigenvalue weighted by molar-refractivity contribution is 3.86. The van der Waals surface area contributed by atoms with Crippen molar-refractivity contribution in [3.63, 3.8) is 0 Å². The molecule has 0 aliphatic carbocycles. The summed E-state index contributed by atoms with van der Waals surface area (Å²) < 4.78 is 0. The second-order valence-electron chi connectivity index (χ2n) is 2.05. The maximum Gasteiger partial charge on any atom is 0.0660 e. The number of hydroxylamine groups is 5. The van der Waals surface area contributed by atoms with Crippen molar-refractivity contribution in [3.05, 3.63) is 15.6 Å².